The summed E-state index contributed by atoms with van der Waals surface area (Å²) in [5, 5.41) is 5.25. The van der Waals surface area contributed by atoms with E-state index in [4.69, 9.17) is 20.5 Å². The number of amides is 1. The Kier molecular flexibility index (Phi) is 5.23. The number of anilines is 2. The number of halogens is 1. The summed E-state index contributed by atoms with van der Waals surface area (Å²) in [6, 6.07) is 15.1. The summed E-state index contributed by atoms with van der Waals surface area (Å²) in [7, 11) is 1.56. The van der Waals surface area contributed by atoms with Gasteiger partial charge < -0.3 is 15.4 Å². The van der Waals surface area contributed by atoms with Crippen LogP contribution in [0.3, 0.4) is 0 Å². The second-order valence-electron chi connectivity index (χ2n) is 5.75. The normalized spacial score (nSPS) is 12.5. The van der Waals surface area contributed by atoms with E-state index in [1.165, 1.54) is 12.3 Å². The van der Waals surface area contributed by atoms with Crippen LogP contribution in [0.5, 0.6) is 5.75 Å². The van der Waals surface area contributed by atoms with E-state index in [0.717, 1.165) is 16.0 Å². The number of nitrogens with zero attached hydrogens (tertiary/aromatic N) is 1. The summed E-state index contributed by atoms with van der Waals surface area (Å²) >= 11 is 7.68. The van der Waals surface area contributed by atoms with Gasteiger partial charge in [0.2, 0.25) is 0 Å². The molecule has 1 amide bonds. The minimum atomic E-state index is -2.63. The van der Waals surface area contributed by atoms with Crippen LogP contribution in [-0.2, 0) is 0 Å². The fraction of sp³-hybridized carbons (Fsp3) is 0.143. The van der Waals surface area contributed by atoms with Gasteiger partial charge >= 0.3 is 0 Å². The first kappa shape index (κ1) is 16.3. The number of carbonyl (C=O) groups is 1. The highest BCUT2D eigenvalue weighted by Gasteiger charge is 2.16. The van der Waals surface area contributed by atoms with Gasteiger partial charge in [-0.1, -0.05) is 35.9 Å². The van der Waals surface area contributed by atoms with Crippen LogP contribution in [0.15, 0.2) is 59.6 Å². The minimum absolute atomic E-state index is 0.0392. The van der Waals surface area contributed by atoms with Crippen LogP contribution < -0.4 is 15.4 Å². The van der Waals surface area contributed by atoms with Crippen LogP contribution in [0, 0.1) is 0 Å². The van der Waals surface area contributed by atoms with Gasteiger partial charge in [-0.15, -0.1) is 11.8 Å². The molecule has 0 atom stereocenters. The van der Waals surface area contributed by atoms with Crippen molar-refractivity contribution in [3.05, 3.63) is 65.4 Å². The average Bonchev–Trinajstić information content (AvgIpc) is 2.72. The Balaban J connectivity index is 2.01. The fourth-order valence-electron chi connectivity index (χ4n) is 2.78. The number of ether oxygens (including phenoxy) is 1. The molecule has 5 nitrogen and oxygen atoms in total. The van der Waals surface area contributed by atoms with Crippen molar-refractivity contribution in [2.75, 3.05) is 25.7 Å². The van der Waals surface area contributed by atoms with Gasteiger partial charge in [0.15, 0.2) is 0 Å². The number of rotatable bonds is 6. The summed E-state index contributed by atoms with van der Waals surface area (Å²) in [6.45, 7) is -2.63. The maximum absolute atomic E-state index is 12.5. The lowest BCUT2D eigenvalue weighted by molar-refractivity contribution is 0.0963. The molecule has 2 aromatic carbocycles. The Hall–Kier alpha value is -2.70. The van der Waals surface area contributed by atoms with E-state index in [9.17, 15) is 4.79 Å². The lowest BCUT2D eigenvalue weighted by Crippen LogP contribution is -2.19. The van der Waals surface area contributed by atoms with Crippen molar-refractivity contribution in [2.24, 2.45) is 0 Å². The molecule has 0 bridgehead atoms. The highest BCUT2D eigenvalue weighted by Crippen LogP contribution is 2.39. The van der Waals surface area contributed by atoms with E-state index < -0.39 is 12.9 Å². The number of methoxy groups -OCH3 is 1. The van der Waals surface area contributed by atoms with Gasteiger partial charge in [-0.05, 0) is 36.1 Å². The third-order valence-corrected chi connectivity index (χ3v) is 5.07. The zero-order valence-electron chi connectivity index (χ0n) is 18.2. The molecule has 2 N–H and O–H groups in total. The molecule has 1 heterocycles. The minimum Gasteiger partial charge on any atom is -0.494 e. The van der Waals surface area contributed by atoms with Crippen LogP contribution in [0.1, 0.15) is 14.5 Å². The zero-order valence-corrected chi connectivity index (χ0v) is 16.8. The van der Waals surface area contributed by atoms with Crippen molar-refractivity contribution in [3.8, 4) is 16.9 Å². The predicted octanol–water partition coefficient (Wildman–Crippen LogP) is 5.24. The monoisotopic (exact) mass is 416 g/mol. The Morgan fingerprint density at radius 1 is 1.21 bits per heavy atom. The summed E-state index contributed by atoms with van der Waals surface area (Å²) < 4.78 is 27.5. The van der Waals surface area contributed by atoms with Crippen LogP contribution in [0.2, 0.25) is 5.15 Å². The van der Waals surface area contributed by atoms with E-state index in [1.807, 2.05) is 48.0 Å². The van der Waals surface area contributed by atoms with Gasteiger partial charge in [0.25, 0.3) is 5.91 Å². The van der Waals surface area contributed by atoms with Crippen LogP contribution in [0.4, 0.5) is 11.4 Å². The molecule has 0 aliphatic rings. The van der Waals surface area contributed by atoms with E-state index in [-0.39, 0.29) is 10.7 Å². The first-order chi connectivity index (χ1) is 14.7. The maximum Gasteiger partial charge on any atom is 0.254 e. The number of aromatic nitrogens is 1. The number of benzene rings is 2. The van der Waals surface area contributed by atoms with Gasteiger partial charge in [0.05, 0.1) is 24.0 Å². The Bertz CT molecular complexity index is 1090. The molecule has 28 heavy (non-hydrogen) atoms. The quantitative estimate of drug-likeness (QED) is 0.425. The number of pyridine rings is 1. The van der Waals surface area contributed by atoms with Crippen LogP contribution >= 0.6 is 23.4 Å². The molecule has 0 spiro atoms. The molecule has 1 aromatic heterocycles. The highest BCUT2D eigenvalue weighted by molar-refractivity contribution is 7.98. The van der Waals surface area contributed by atoms with Gasteiger partial charge in [0, 0.05) is 27.7 Å². The van der Waals surface area contributed by atoms with Gasteiger partial charge in [-0.2, -0.15) is 0 Å². The average molecular weight is 417 g/mol. The number of hydrogen-bond donors (Lipinski definition) is 2. The van der Waals surface area contributed by atoms with Gasteiger partial charge in [-0.25, -0.2) is 4.98 Å². The standard InChI is InChI=1S/C21H20ClN3O2S/c1-23-21(26)16-12-24-19(22)11-18(16)25-17-6-4-5-15(20(17)27-2)13-7-9-14(28-3)10-8-13/h4-12H,1-3H3,(H,23,26)(H,24,25)/i1D3. The molecular formula is C21H20ClN3O2S. The lowest BCUT2D eigenvalue weighted by Gasteiger charge is -2.17. The molecule has 0 saturated heterocycles. The molecule has 0 radical (unpaired) electrons. The topological polar surface area (TPSA) is 63.2 Å². The third kappa shape index (κ3) is 4.24. The Labute approximate surface area is 177 Å². The number of carbonyl (C=O) groups excluding carboxylic acids is 1. The molecule has 3 aromatic rings. The van der Waals surface area contributed by atoms with E-state index in [2.05, 4.69) is 10.3 Å². The van der Waals surface area contributed by atoms with Crippen molar-refractivity contribution in [3.63, 3.8) is 0 Å². The van der Waals surface area contributed by atoms with Crippen molar-refractivity contribution < 1.29 is 13.6 Å². The summed E-state index contributed by atoms with van der Waals surface area (Å²) in [6.07, 6.45) is 3.24. The molecule has 0 aliphatic carbocycles. The van der Waals surface area contributed by atoms with Gasteiger partial charge in [-0.3, -0.25) is 4.79 Å². The molecule has 0 aliphatic heterocycles. The first-order valence-electron chi connectivity index (χ1n) is 9.78. The van der Waals surface area contributed by atoms with E-state index in [1.54, 1.807) is 24.9 Å². The van der Waals surface area contributed by atoms with Crippen LogP contribution in [-0.4, -0.2) is 31.2 Å². The Morgan fingerprint density at radius 3 is 2.68 bits per heavy atom. The smallest absolute Gasteiger partial charge is 0.254 e. The van der Waals surface area contributed by atoms with Gasteiger partial charge in [0.1, 0.15) is 10.9 Å². The number of para-hydroxylation sites is 1. The highest BCUT2D eigenvalue weighted by atomic mass is 35.5. The molecular weight excluding hydrogens is 394 g/mol. The second kappa shape index (κ2) is 8.99. The molecule has 0 unspecified atom stereocenters. The van der Waals surface area contributed by atoms with Crippen LogP contribution in [0.25, 0.3) is 11.1 Å². The molecule has 3 rings (SSSR count). The largest absolute Gasteiger partial charge is 0.494 e. The lowest BCUT2D eigenvalue weighted by atomic mass is 10.0. The molecule has 0 saturated carbocycles. The van der Waals surface area contributed by atoms with Crippen molar-refractivity contribution in [1.29, 1.82) is 0 Å². The maximum atomic E-state index is 12.5. The molecule has 7 heteroatoms. The zero-order chi connectivity index (χ0) is 22.6. The van der Waals surface area contributed by atoms with E-state index >= 15 is 0 Å². The van der Waals surface area contributed by atoms with E-state index in [0.29, 0.717) is 17.1 Å². The molecule has 0 fully saturated rings. The number of nitrogens with one attached hydrogen (secondary N) is 2. The molecule has 144 valence electrons. The summed E-state index contributed by atoms with van der Waals surface area (Å²) in [4.78, 5) is 17.5. The number of hydrogen-bond acceptors (Lipinski definition) is 5. The number of thioether (sulfide) groups is 1. The van der Waals surface area contributed by atoms with Crippen molar-refractivity contribution in [1.82, 2.24) is 10.3 Å². The first-order valence-corrected chi connectivity index (χ1v) is 9.88. The fourth-order valence-corrected chi connectivity index (χ4v) is 3.35. The summed E-state index contributed by atoms with van der Waals surface area (Å²) in [5.41, 5.74) is 2.74. The third-order valence-electron chi connectivity index (χ3n) is 4.12. The van der Waals surface area contributed by atoms with Crippen molar-refractivity contribution in [2.45, 2.75) is 4.90 Å². The Morgan fingerprint density at radius 2 is 2.00 bits per heavy atom. The summed E-state index contributed by atoms with van der Waals surface area (Å²) in [5.74, 6) is -0.232. The SMILES string of the molecule is [2H]C([2H])([2H])NC(=O)c1cnc(Cl)cc1Nc1cccc(-c2ccc(SC)cc2)c1OC. The second-order valence-corrected chi connectivity index (χ2v) is 7.01. The van der Waals surface area contributed by atoms with Crippen molar-refractivity contribution >= 4 is 40.6 Å². The predicted molar refractivity (Wildman–Crippen MR) is 116 cm³/mol.